The molecule has 1 unspecified atom stereocenters. The Balaban J connectivity index is 1.69. The van der Waals surface area contributed by atoms with Crippen LogP contribution in [0.4, 0.5) is 0 Å². The third-order valence-corrected chi connectivity index (χ3v) is 4.24. The van der Waals surface area contributed by atoms with Crippen LogP contribution in [0.25, 0.3) is 10.8 Å². The highest BCUT2D eigenvalue weighted by molar-refractivity contribution is 5.83. The van der Waals surface area contributed by atoms with Crippen LogP contribution in [0.1, 0.15) is 39.5 Å². The lowest BCUT2D eigenvalue weighted by Gasteiger charge is -2.15. The van der Waals surface area contributed by atoms with E-state index in [9.17, 15) is 0 Å². The Bertz CT molecular complexity index is 552. The molecule has 2 aromatic rings. The molecule has 2 rings (SSSR count). The van der Waals surface area contributed by atoms with E-state index in [1.54, 1.807) is 0 Å². The smallest absolute Gasteiger partial charge is 0.120 e. The third-order valence-electron chi connectivity index (χ3n) is 4.24. The molecule has 0 spiro atoms. The normalized spacial score (nSPS) is 12.5. The summed E-state index contributed by atoms with van der Waals surface area (Å²) in [7, 11) is 0. The summed E-state index contributed by atoms with van der Waals surface area (Å²) in [6, 6.07) is 14.7. The Hall–Kier alpha value is -1.54. The molecular weight excluding hydrogens is 270 g/mol. The van der Waals surface area contributed by atoms with Gasteiger partial charge in [-0.2, -0.15) is 0 Å². The van der Waals surface area contributed by atoms with Crippen LogP contribution in [0.3, 0.4) is 0 Å². The minimum Gasteiger partial charge on any atom is -0.492 e. The van der Waals surface area contributed by atoms with E-state index in [-0.39, 0.29) is 0 Å². The topological polar surface area (TPSA) is 21.3 Å². The highest BCUT2D eigenvalue weighted by Crippen LogP contribution is 2.20. The molecule has 2 aromatic carbocycles. The molecule has 2 nitrogen and oxygen atoms in total. The van der Waals surface area contributed by atoms with Crippen molar-refractivity contribution < 1.29 is 4.74 Å². The van der Waals surface area contributed by atoms with Gasteiger partial charge in [0.05, 0.1) is 0 Å². The summed E-state index contributed by atoms with van der Waals surface area (Å²) in [4.78, 5) is 0. The van der Waals surface area contributed by atoms with Gasteiger partial charge >= 0.3 is 0 Å². The zero-order valence-electron chi connectivity index (χ0n) is 14.0. The Morgan fingerprint density at radius 2 is 1.86 bits per heavy atom. The molecule has 0 amide bonds. The molecule has 0 bridgehead atoms. The van der Waals surface area contributed by atoms with Gasteiger partial charge in [0.15, 0.2) is 0 Å². The molecule has 1 atom stereocenters. The van der Waals surface area contributed by atoms with Crippen LogP contribution < -0.4 is 10.1 Å². The van der Waals surface area contributed by atoms with E-state index < -0.39 is 0 Å². The number of ether oxygens (including phenoxy) is 1. The van der Waals surface area contributed by atoms with E-state index >= 15 is 0 Å². The Morgan fingerprint density at radius 1 is 1.05 bits per heavy atom. The second-order valence-corrected chi connectivity index (χ2v) is 5.98. The van der Waals surface area contributed by atoms with E-state index in [0.717, 1.165) is 31.4 Å². The minimum atomic E-state index is 0.725. The van der Waals surface area contributed by atoms with Gasteiger partial charge in [0, 0.05) is 6.54 Å². The lowest BCUT2D eigenvalue weighted by molar-refractivity contribution is 0.305. The number of hydrogen-bond acceptors (Lipinski definition) is 2. The molecule has 0 aromatic heterocycles. The molecule has 0 aliphatic carbocycles. The average Bonchev–Trinajstić information content (AvgIpc) is 2.57. The maximum atomic E-state index is 5.85. The largest absolute Gasteiger partial charge is 0.492 e. The standard InChI is InChI=1S/C20H29NO/c1-3-5-8-17(4-2)16-21-13-14-22-20-12-11-18-9-6-7-10-19(18)15-20/h6-7,9-12,15,17,21H,3-5,8,13-14,16H2,1-2H3. The van der Waals surface area contributed by atoms with Gasteiger partial charge in [-0.1, -0.05) is 63.4 Å². The summed E-state index contributed by atoms with van der Waals surface area (Å²) >= 11 is 0. The lowest BCUT2D eigenvalue weighted by atomic mass is 9.99. The van der Waals surface area contributed by atoms with Gasteiger partial charge in [-0.15, -0.1) is 0 Å². The first-order valence-corrected chi connectivity index (χ1v) is 8.65. The van der Waals surface area contributed by atoms with Crippen molar-refractivity contribution in [3.8, 4) is 5.75 Å². The Morgan fingerprint density at radius 3 is 2.64 bits per heavy atom. The second kappa shape index (κ2) is 9.47. The van der Waals surface area contributed by atoms with Crippen LogP contribution in [0.15, 0.2) is 42.5 Å². The molecule has 1 N–H and O–H groups in total. The highest BCUT2D eigenvalue weighted by Gasteiger charge is 2.04. The van der Waals surface area contributed by atoms with Crippen LogP contribution in [0.5, 0.6) is 5.75 Å². The summed E-state index contributed by atoms with van der Waals surface area (Å²) < 4.78 is 5.85. The zero-order chi connectivity index (χ0) is 15.6. The molecule has 120 valence electrons. The van der Waals surface area contributed by atoms with Crippen LogP contribution >= 0.6 is 0 Å². The molecule has 22 heavy (non-hydrogen) atoms. The van der Waals surface area contributed by atoms with Gasteiger partial charge in [-0.3, -0.25) is 0 Å². The number of fused-ring (bicyclic) bond motifs is 1. The molecule has 0 heterocycles. The van der Waals surface area contributed by atoms with Crippen LogP contribution in [-0.2, 0) is 0 Å². The maximum Gasteiger partial charge on any atom is 0.120 e. The van der Waals surface area contributed by atoms with Crippen molar-refractivity contribution in [3.05, 3.63) is 42.5 Å². The number of hydrogen-bond donors (Lipinski definition) is 1. The van der Waals surface area contributed by atoms with Crippen molar-refractivity contribution in [2.45, 2.75) is 39.5 Å². The van der Waals surface area contributed by atoms with Crippen LogP contribution in [-0.4, -0.2) is 19.7 Å². The number of unbranched alkanes of at least 4 members (excludes halogenated alkanes) is 1. The van der Waals surface area contributed by atoms with Gasteiger partial charge in [0.1, 0.15) is 12.4 Å². The Labute approximate surface area is 134 Å². The van der Waals surface area contributed by atoms with Crippen molar-refractivity contribution >= 4 is 10.8 Å². The summed E-state index contributed by atoms with van der Waals surface area (Å²) in [6.45, 7) is 7.29. The van der Waals surface area contributed by atoms with Crippen molar-refractivity contribution in [1.82, 2.24) is 5.32 Å². The van der Waals surface area contributed by atoms with Crippen molar-refractivity contribution in [2.75, 3.05) is 19.7 Å². The molecule has 0 saturated carbocycles. The molecule has 0 saturated heterocycles. The minimum absolute atomic E-state index is 0.725. The predicted molar refractivity (Wildman–Crippen MR) is 95.6 cm³/mol. The van der Waals surface area contributed by atoms with Gasteiger partial charge in [-0.05, 0) is 41.8 Å². The first-order valence-electron chi connectivity index (χ1n) is 8.65. The van der Waals surface area contributed by atoms with Gasteiger partial charge in [0.2, 0.25) is 0 Å². The molecule has 2 heteroatoms. The van der Waals surface area contributed by atoms with Gasteiger partial charge < -0.3 is 10.1 Å². The summed E-state index contributed by atoms with van der Waals surface area (Å²) in [5.74, 6) is 1.76. The van der Waals surface area contributed by atoms with Crippen LogP contribution in [0.2, 0.25) is 0 Å². The SMILES string of the molecule is CCCCC(CC)CNCCOc1ccc2ccccc2c1. The molecular formula is C20H29NO. The summed E-state index contributed by atoms with van der Waals surface area (Å²) in [5, 5.41) is 6.02. The fourth-order valence-electron chi connectivity index (χ4n) is 2.75. The molecule has 0 fully saturated rings. The number of rotatable bonds is 10. The van der Waals surface area contributed by atoms with E-state index in [1.165, 1.54) is 36.5 Å². The van der Waals surface area contributed by atoms with Gasteiger partial charge in [-0.25, -0.2) is 0 Å². The monoisotopic (exact) mass is 299 g/mol. The maximum absolute atomic E-state index is 5.85. The number of nitrogens with one attached hydrogen (secondary N) is 1. The van der Waals surface area contributed by atoms with Crippen molar-refractivity contribution in [2.24, 2.45) is 5.92 Å². The van der Waals surface area contributed by atoms with E-state index in [1.807, 2.05) is 0 Å². The first-order chi connectivity index (χ1) is 10.8. The predicted octanol–water partition coefficient (Wildman–Crippen LogP) is 5.02. The lowest BCUT2D eigenvalue weighted by Crippen LogP contribution is -2.27. The fourth-order valence-corrected chi connectivity index (χ4v) is 2.75. The first kappa shape index (κ1) is 16.8. The zero-order valence-corrected chi connectivity index (χ0v) is 14.0. The highest BCUT2D eigenvalue weighted by atomic mass is 16.5. The third kappa shape index (κ3) is 5.34. The van der Waals surface area contributed by atoms with Crippen LogP contribution in [0, 0.1) is 5.92 Å². The summed E-state index contributed by atoms with van der Waals surface area (Å²) in [6.07, 6.45) is 5.24. The molecule has 0 radical (unpaired) electrons. The number of benzene rings is 2. The van der Waals surface area contributed by atoms with Gasteiger partial charge in [0.25, 0.3) is 0 Å². The van der Waals surface area contributed by atoms with E-state index in [4.69, 9.17) is 4.74 Å². The van der Waals surface area contributed by atoms with Crippen molar-refractivity contribution in [1.29, 1.82) is 0 Å². The Kier molecular flexibility index (Phi) is 7.24. The second-order valence-electron chi connectivity index (χ2n) is 5.98. The fraction of sp³-hybridized carbons (Fsp3) is 0.500. The average molecular weight is 299 g/mol. The van der Waals surface area contributed by atoms with E-state index in [0.29, 0.717) is 0 Å². The van der Waals surface area contributed by atoms with Crippen molar-refractivity contribution in [3.63, 3.8) is 0 Å². The van der Waals surface area contributed by atoms with E-state index in [2.05, 4.69) is 61.6 Å². The molecule has 0 aliphatic heterocycles. The molecule has 0 aliphatic rings. The summed E-state index contributed by atoms with van der Waals surface area (Å²) in [5.41, 5.74) is 0. The quantitative estimate of drug-likeness (QED) is 0.622.